The molecule has 5 rings (SSSR count). The number of fused-ring (bicyclic) bond motifs is 1. The third kappa shape index (κ3) is 5.08. The Kier molecular flexibility index (Phi) is 6.39. The molecule has 0 aliphatic carbocycles. The third-order valence-corrected chi connectivity index (χ3v) is 6.20. The Morgan fingerprint density at radius 3 is 2.73 bits per heavy atom. The van der Waals surface area contributed by atoms with E-state index in [0.717, 1.165) is 55.1 Å². The van der Waals surface area contributed by atoms with Crippen LogP contribution in [0.15, 0.2) is 61.3 Å². The lowest BCUT2D eigenvalue weighted by Gasteiger charge is -2.29. The van der Waals surface area contributed by atoms with Gasteiger partial charge in [0, 0.05) is 36.9 Å². The fraction of sp³-hybridized carbons (Fsp3) is 0.292. The van der Waals surface area contributed by atoms with Gasteiger partial charge < -0.3 is 15.8 Å². The molecule has 0 radical (unpaired) electrons. The van der Waals surface area contributed by atoms with Crippen molar-refractivity contribution in [3.8, 4) is 5.75 Å². The number of hydrogen-bond acceptors (Lipinski definition) is 7. The lowest BCUT2D eigenvalue weighted by atomic mass is 10.1. The molecule has 0 bridgehead atoms. The Hall–Kier alpha value is -3.20. The van der Waals surface area contributed by atoms with Gasteiger partial charge in [-0.1, -0.05) is 11.6 Å². The molecule has 0 unspecified atom stereocenters. The van der Waals surface area contributed by atoms with E-state index < -0.39 is 0 Å². The smallest absolute Gasteiger partial charge is 0.158 e. The van der Waals surface area contributed by atoms with E-state index in [2.05, 4.69) is 31.3 Å². The Morgan fingerprint density at radius 2 is 1.94 bits per heavy atom. The van der Waals surface area contributed by atoms with E-state index in [1.165, 1.54) is 5.56 Å². The van der Waals surface area contributed by atoms with E-state index in [1.54, 1.807) is 18.7 Å². The van der Waals surface area contributed by atoms with Gasteiger partial charge in [-0.15, -0.1) is 0 Å². The van der Waals surface area contributed by atoms with E-state index >= 15 is 0 Å². The summed E-state index contributed by atoms with van der Waals surface area (Å²) in [7, 11) is 0. The summed E-state index contributed by atoms with van der Waals surface area (Å²) in [6.45, 7) is 3.28. The molecular weight excluding hydrogens is 438 g/mol. The lowest BCUT2D eigenvalue weighted by Crippen LogP contribution is -2.39. The number of rotatable bonds is 7. The van der Waals surface area contributed by atoms with Crippen molar-refractivity contribution < 1.29 is 4.74 Å². The van der Waals surface area contributed by atoms with Crippen molar-refractivity contribution in [3.63, 3.8) is 0 Å². The predicted molar refractivity (Wildman–Crippen MR) is 129 cm³/mol. The minimum absolute atomic E-state index is 0.314. The van der Waals surface area contributed by atoms with E-state index in [0.29, 0.717) is 23.4 Å². The van der Waals surface area contributed by atoms with Crippen molar-refractivity contribution in [2.75, 3.05) is 18.4 Å². The maximum Gasteiger partial charge on any atom is 0.158 e. The topological polar surface area (TPSA) is 93.6 Å². The maximum atomic E-state index is 6.50. The summed E-state index contributed by atoms with van der Waals surface area (Å²) in [6, 6.07) is 11.9. The largest absolute Gasteiger partial charge is 0.487 e. The van der Waals surface area contributed by atoms with Crippen LogP contribution in [0.25, 0.3) is 5.52 Å². The minimum atomic E-state index is 0.314. The first-order valence-corrected chi connectivity index (χ1v) is 11.4. The van der Waals surface area contributed by atoms with Crippen molar-refractivity contribution in [1.29, 1.82) is 0 Å². The van der Waals surface area contributed by atoms with Crippen molar-refractivity contribution >= 4 is 28.6 Å². The van der Waals surface area contributed by atoms with Gasteiger partial charge in [0.15, 0.2) is 5.82 Å². The fourth-order valence-electron chi connectivity index (χ4n) is 4.06. The summed E-state index contributed by atoms with van der Waals surface area (Å²) in [5.41, 5.74) is 10.1. The zero-order chi connectivity index (χ0) is 22.6. The molecule has 1 aliphatic rings. The number of benzene rings is 1. The Bertz CT molecular complexity index is 1220. The zero-order valence-corrected chi connectivity index (χ0v) is 18.9. The molecule has 4 heterocycles. The first-order valence-electron chi connectivity index (χ1n) is 11.0. The number of nitrogens with one attached hydrogen (secondary N) is 1. The second-order valence-electron chi connectivity index (χ2n) is 8.27. The summed E-state index contributed by atoms with van der Waals surface area (Å²) < 4.78 is 7.72. The SMILES string of the molecule is NC1CCN(Cc2ccn3ncnc(Nc4ccc(OCc5ccncc5)c(Cl)c4)c23)CC1. The first-order chi connectivity index (χ1) is 16.2. The van der Waals surface area contributed by atoms with Gasteiger partial charge in [-0.3, -0.25) is 9.88 Å². The highest BCUT2D eigenvalue weighted by Crippen LogP contribution is 2.31. The molecule has 0 amide bonds. The molecule has 170 valence electrons. The molecule has 0 spiro atoms. The maximum absolute atomic E-state index is 6.50. The fourth-order valence-corrected chi connectivity index (χ4v) is 4.30. The van der Waals surface area contributed by atoms with Gasteiger partial charge in [0.25, 0.3) is 0 Å². The van der Waals surface area contributed by atoms with Crippen LogP contribution in [0, 0.1) is 0 Å². The van der Waals surface area contributed by atoms with E-state index in [-0.39, 0.29) is 0 Å². The number of ether oxygens (including phenoxy) is 1. The highest BCUT2D eigenvalue weighted by molar-refractivity contribution is 6.32. The number of nitrogens with zero attached hydrogens (tertiary/aromatic N) is 5. The van der Waals surface area contributed by atoms with Gasteiger partial charge in [0.05, 0.1) is 5.02 Å². The van der Waals surface area contributed by atoms with Gasteiger partial charge in [0.2, 0.25) is 0 Å². The van der Waals surface area contributed by atoms with Gasteiger partial charge >= 0.3 is 0 Å². The van der Waals surface area contributed by atoms with Crippen LogP contribution < -0.4 is 15.8 Å². The second kappa shape index (κ2) is 9.74. The molecule has 8 nitrogen and oxygen atoms in total. The molecule has 3 aromatic heterocycles. The molecule has 33 heavy (non-hydrogen) atoms. The molecule has 4 aromatic rings. The van der Waals surface area contributed by atoms with Gasteiger partial charge in [-0.05, 0) is 73.5 Å². The predicted octanol–water partition coefficient (Wildman–Crippen LogP) is 4.02. The minimum Gasteiger partial charge on any atom is -0.487 e. The quantitative estimate of drug-likeness (QED) is 0.427. The number of halogens is 1. The van der Waals surface area contributed by atoms with Crippen molar-refractivity contribution in [3.05, 3.63) is 77.5 Å². The molecule has 0 atom stereocenters. The van der Waals surface area contributed by atoms with Crippen LogP contribution >= 0.6 is 11.6 Å². The monoisotopic (exact) mass is 463 g/mol. The number of anilines is 2. The molecule has 3 N–H and O–H groups in total. The van der Waals surface area contributed by atoms with Crippen LogP contribution in [0.5, 0.6) is 5.75 Å². The summed E-state index contributed by atoms with van der Waals surface area (Å²) >= 11 is 6.50. The Balaban J connectivity index is 1.32. The summed E-state index contributed by atoms with van der Waals surface area (Å²) in [4.78, 5) is 11.0. The highest BCUT2D eigenvalue weighted by Gasteiger charge is 2.19. The second-order valence-corrected chi connectivity index (χ2v) is 8.68. The van der Waals surface area contributed by atoms with Gasteiger partial charge in [0.1, 0.15) is 24.2 Å². The van der Waals surface area contributed by atoms with Crippen LogP contribution in [0.1, 0.15) is 24.0 Å². The van der Waals surface area contributed by atoms with Gasteiger partial charge in [-0.2, -0.15) is 5.10 Å². The average molecular weight is 464 g/mol. The zero-order valence-electron chi connectivity index (χ0n) is 18.2. The molecule has 1 saturated heterocycles. The van der Waals surface area contributed by atoms with E-state index in [1.807, 2.05) is 41.0 Å². The van der Waals surface area contributed by atoms with Crippen LogP contribution in [0.2, 0.25) is 5.02 Å². The summed E-state index contributed by atoms with van der Waals surface area (Å²) in [5.74, 6) is 1.36. The Morgan fingerprint density at radius 1 is 1.12 bits per heavy atom. The first kappa shape index (κ1) is 21.6. The standard InChI is InChI=1S/C24H26ClN7O/c25-21-13-20(1-2-22(21)33-15-17-3-8-27-9-4-17)30-24-23-18(5-12-32(23)29-16-28-24)14-31-10-6-19(26)7-11-31/h1-5,8-9,12-13,16,19H,6-7,10-11,14-15,26H2,(H,28,29,30). The van der Waals surface area contributed by atoms with Gasteiger partial charge in [-0.25, -0.2) is 9.50 Å². The molecule has 1 aromatic carbocycles. The lowest BCUT2D eigenvalue weighted by molar-refractivity contribution is 0.206. The number of pyridine rings is 1. The molecule has 1 aliphatic heterocycles. The number of aromatic nitrogens is 4. The number of nitrogens with two attached hydrogens (primary N) is 1. The van der Waals surface area contributed by atoms with Crippen molar-refractivity contribution in [2.45, 2.75) is 32.0 Å². The van der Waals surface area contributed by atoms with Crippen LogP contribution in [0.3, 0.4) is 0 Å². The Labute approximate surface area is 197 Å². The van der Waals surface area contributed by atoms with Crippen LogP contribution in [-0.4, -0.2) is 43.6 Å². The molecule has 9 heteroatoms. The van der Waals surface area contributed by atoms with E-state index in [4.69, 9.17) is 22.1 Å². The number of hydrogen-bond donors (Lipinski definition) is 2. The van der Waals surface area contributed by atoms with Crippen LogP contribution in [0.4, 0.5) is 11.5 Å². The third-order valence-electron chi connectivity index (χ3n) is 5.90. The highest BCUT2D eigenvalue weighted by atomic mass is 35.5. The number of piperidine rings is 1. The van der Waals surface area contributed by atoms with Crippen LogP contribution in [-0.2, 0) is 13.2 Å². The molecule has 0 saturated carbocycles. The van der Waals surface area contributed by atoms with E-state index in [9.17, 15) is 0 Å². The molecular formula is C24H26ClN7O. The number of likely N-dealkylation sites (tertiary alicyclic amines) is 1. The average Bonchev–Trinajstić information content (AvgIpc) is 3.24. The van der Waals surface area contributed by atoms with Crippen molar-refractivity contribution in [2.24, 2.45) is 5.73 Å². The van der Waals surface area contributed by atoms with Crippen molar-refractivity contribution in [1.82, 2.24) is 24.5 Å². The normalized spacial score (nSPS) is 15.1. The summed E-state index contributed by atoms with van der Waals surface area (Å²) in [6.07, 6.45) is 9.06. The molecule has 1 fully saturated rings. The summed E-state index contributed by atoms with van der Waals surface area (Å²) in [5, 5.41) is 8.30.